The Hall–Kier alpha value is -4.33. The van der Waals surface area contributed by atoms with E-state index < -0.39 is 0 Å². The van der Waals surface area contributed by atoms with Crippen molar-refractivity contribution in [3.05, 3.63) is 89.5 Å². The molecule has 1 N–H and O–H groups in total. The summed E-state index contributed by atoms with van der Waals surface area (Å²) in [6, 6.07) is 22.5. The van der Waals surface area contributed by atoms with Crippen LogP contribution in [-0.2, 0) is 11.3 Å². The van der Waals surface area contributed by atoms with Gasteiger partial charge in [0.25, 0.3) is 11.8 Å². The molecule has 0 aromatic heterocycles. The van der Waals surface area contributed by atoms with E-state index >= 15 is 0 Å². The van der Waals surface area contributed by atoms with E-state index in [0.29, 0.717) is 55.3 Å². The molecule has 3 aromatic rings. The van der Waals surface area contributed by atoms with Crippen LogP contribution in [0.2, 0.25) is 0 Å². The first-order valence-corrected chi connectivity index (χ1v) is 13.7. The normalized spacial score (nSPS) is 13.5. The van der Waals surface area contributed by atoms with E-state index in [4.69, 9.17) is 4.74 Å². The van der Waals surface area contributed by atoms with Crippen LogP contribution in [0.4, 0.5) is 11.4 Å². The molecule has 1 heterocycles. The van der Waals surface area contributed by atoms with E-state index in [9.17, 15) is 14.4 Å². The Bertz CT molecular complexity index is 1320. The lowest BCUT2D eigenvalue weighted by atomic mass is 10.1. The van der Waals surface area contributed by atoms with Gasteiger partial charge in [0.2, 0.25) is 5.91 Å². The Morgan fingerprint density at radius 3 is 2.33 bits per heavy atom. The fourth-order valence-corrected chi connectivity index (χ4v) is 4.76. The van der Waals surface area contributed by atoms with Gasteiger partial charge in [0.05, 0.1) is 12.7 Å². The third kappa shape index (κ3) is 7.00. The van der Waals surface area contributed by atoms with Crippen molar-refractivity contribution in [2.24, 2.45) is 5.92 Å². The topological polar surface area (TPSA) is 82.2 Å². The minimum Gasteiger partial charge on any atom is -0.497 e. The van der Waals surface area contributed by atoms with Gasteiger partial charge in [0.15, 0.2) is 0 Å². The van der Waals surface area contributed by atoms with E-state index in [-0.39, 0.29) is 23.6 Å². The average Bonchev–Trinajstić information content (AvgIpc) is 3.23. The lowest BCUT2D eigenvalue weighted by Gasteiger charge is -2.28. The monoisotopic (exact) mass is 542 g/mol. The van der Waals surface area contributed by atoms with E-state index in [1.807, 2.05) is 61.2 Å². The van der Waals surface area contributed by atoms with Crippen molar-refractivity contribution in [2.75, 3.05) is 50.6 Å². The number of hydrogen-bond donors (Lipinski definition) is 1. The Morgan fingerprint density at radius 1 is 0.925 bits per heavy atom. The molecule has 0 bridgehead atoms. The number of carbonyl (C=O) groups is 3. The molecule has 210 valence electrons. The van der Waals surface area contributed by atoms with Gasteiger partial charge in [-0.2, -0.15) is 0 Å². The minimum absolute atomic E-state index is 0.0184. The molecule has 1 aliphatic heterocycles. The van der Waals surface area contributed by atoms with Gasteiger partial charge in [-0.1, -0.05) is 44.2 Å². The second-order valence-corrected chi connectivity index (χ2v) is 10.4. The molecule has 0 saturated carbocycles. The number of methoxy groups -OCH3 is 1. The Balaban J connectivity index is 1.56. The molecule has 4 rings (SSSR count). The van der Waals surface area contributed by atoms with Gasteiger partial charge < -0.3 is 24.8 Å². The molecule has 0 unspecified atom stereocenters. The fraction of sp³-hybridized carbons (Fsp3) is 0.344. The van der Waals surface area contributed by atoms with Crippen LogP contribution >= 0.6 is 0 Å². The van der Waals surface area contributed by atoms with Crippen molar-refractivity contribution in [1.29, 1.82) is 0 Å². The van der Waals surface area contributed by atoms with Crippen molar-refractivity contribution in [3.8, 4) is 5.75 Å². The number of benzene rings is 3. The average molecular weight is 543 g/mol. The lowest BCUT2D eigenvalue weighted by molar-refractivity contribution is -0.118. The summed E-state index contributed by atoms with van der Waals surface area (Å²) in [5.74, 6) is 0.275. The van der Waals surface area contributed by atoms with Gasteiger partial charge in [-0.15, -0.1) is 0 Å². The van der Waals surface area contributed by atoms with Crippen molar-refractivity contribution in [1.82, 2.24) is 9.80 Å². The predicted octanol–water partition coefficient (Wildman–Crippen LogP) is 4.91. The van der Waals surface area contributed by atoms with E-state index in [1.54, 1.807) is 49.4 Å². The highest BCUT2D eigenvalue weighted by Crippen LogP contribution is 2.28. The molecule has 0 aliphatic carbocycles. The zero-order valence-corrected chi connectivity index (χ0v) is 23.7. The quantitative estimate of drug-likeness (QED) is 0.437. The van der Waals surface area contributed by atoms with Crippen LogP contribution in [0, 0.1) is 5.92 Å². The molecule has 0 radical (unpaired) electrons. The number of ether oxygens (including phenoxy) is 1. The number of rotatable bonds is 8. The standard InChI is InChI=1S/C32H38N4O4/c1-23(2)30(37)33-26-13-16-29(28(21-26)32(39)34(3)22-24-9-6-5-7-10-24)35-17-8-18-36(20-19-35)31(38)25-11-14-27(40-4)15-12-25/h5-7,9-16,21,23H,8,17-20,22H2,1-4H3,(H,33,37). The Kier molecular flexibility index (Phi) is 9.43. The number of carbonyl (C=O) groups excluding carboxylic acids is 3. The number of nitrogens with one attached hydrogen (secondary N) is 1. The smallest absolute Gasteiger partial charge is 0.256 e. The predicted molar refractivity (Wildman–Crippen MR) is 158 cm³/mol. The molecule has 1 aliphatic rings. The van der Waals surface area contributed by atoms with E-state index in [0.717, 1.165) is 17.7 Å². The number of nitrogens with zero attached hydrogens (tertiary/aromatic N) is 3. The summed E-state index contributed by atoms with van der Waals surface area (Å²) in [7, 11) is 3.39. The molecular formula is C32H38N4O4. The fourth-order valence-electron chi connectivity index (χ4n) is 4.76. The summed E-state index contributed by atoms with van der Waals surface area (Å²) in [5.41, 5.74) is 3.57. The van der Waals surface area contributed by atoms with Crippen LogP contribution in [0.1, 0.15) is 46.5 Å². The molecule has 8 heteroatoms. The van der Waals surface area contributed by atoms with E-state index in [1.165, 1.54) is 0 Å². The lowest BCUT2D eigenvalue weighted by Crippen LogP contribution is -2.36. The SMILES string of the molecule is COc1ccc(C(=O)N2CCCN(c3ccc(NC(=O)C(C)C)cc3C(=O)N(C)Cc3ccccc3)CC2)cc1. The first-order chi connectivity index (χ1) is 19.3. The van der Waals surface area contributed by atoms with Crippen LogP contribution in [0.15, 0.2) is 72.8 Å². The highest BCUT2D eigenvalue weighted by atomic mass is 16.5. The molecular weight excluding hydrogens is 504 g/mol. The van der Waals surface area contributed by atoms with Gasteiger partial charge in [0.1, 0.15) is 5.75 Å². The molecule has 3 aromatic carbocycles. The van der Waals surface area contributed by atoms with Crippen molar-refractivity contribution in [2.45, 2.75) is 26.8 Å². The molecule has 3 amide bonds. The summed E-state index contributed by atoms with van der Waals surface area (Å²) in [4.78, 5) is 45.1. The summed E-state index contributed by atoms with van der Waals surface area (Å²) in [5, 5.41) is 2.93. The number of amides is 3. The molecule has 8 nitrogen and oxygen atoms in total. The second kappa shape index (κ2) is 13.2. The highest BCUT2D eigenvalue weighted by molar-refractivity contribution is 6.02. The van der Waals surface area contributed by atoms with Gasteiger partial charge >= 0.3 is 0 Å². The van der Waals surface area contributed by atoms with Gasteiger partial charge in [-0.05, 0) is 54.4 Å². The summed E-state index contributed by atoms with van der Waals surface area (Å²) < 4.78 is 5.21. The largest absolute Gasteiger partial charge is 0.497 e. The first kappa shape index (κ1) is 28.7. The van der Waals surface area contributed by atoms with Crippen molar-refractivity contribution in [3.63, 3.8) is 0 Å². The van der Waals surface area contributed by atoms with Crippen LogP contribution < -0.4 is 15.0 Å². The molecule has 0 atom stereocenters. The highest BCUT2D eigenvalue weighted by Gasteiger charge is 2.25. The third-order valence-electron chi connectivity index (χ3n) is 7.09. The Morgan fingerprint density at radius 2 is 1.65 bits per heavy atom. The third-order valence-corrected chi connectivity index (χ3v) is 7.09. The van der Waals surface area contributed by atoms with Gasteiger partial charge in [-0.25, -0.2) is 0 Å². The first-order valence-electron chi connectivity index (χ1n) is 13.7. The number of hydrogen-bond acceptors (Lipinski definition) is 5. The maximum Gasteiger partial charge on any atom is 0.256 e. The zero-order valence-electron chi connectivity index (χ0n) is 23.7. The van der Waals surface area contributed by atoms with Gasteiger partial charge in [0, 0.05) is 62.6 Å². The molecule has 40 heavy (non-hydrogen) atoms. The van der Waals surface area contributed by atoms with E-state index in [2.05, 4.69) is 10.2 Å². The minimum atomic E-state index is -0.181. The van der Waals surface area contributed by atoms with Crippen LogP contribution in [0.5, 0.6) is 5.75 Å². The molecule has 1 fully saturated rings. The number of anilines is 2. The summed E-state index contributed by atoms with van der Waals surface area (Å²) in [6.07, 6.45) is 0.765. The maximum absolute atomic E-state index is 13.8. The Labute approximate surface area is 236 Å². The van der Waals surface area contributed by atoms with Gasteiger partial charge in [-0.3, -0.25) is 14.4 Å². The van der Waals surface area contributed by atoms with Crippen molar-refractivity contribution < 1.29 is 19.1 Å². The van der Waals surface area contributed by atoms with Crippen molar-refractivity contribution >= 4 is 29.1 Å². The van der Waals surface area contributed by atoms with Crippen LogP contribution in [0.25, 0.3) is 0 Å². The second-order valence-electron chi connectivity index (χ2n) is 10.4. The van der Waals surface area contributed by atoms with Crippen LogP contribution in [0.3, 0.4) is 0 Å². The molecule has 1 saturated heterocycles. The molecule has 0 spiro atoms. The zero-order chi connectivity index (χ0) is 28.6. The van der Waals surface area contributed by atoms with Crippen LogP contribution in [-0.4, -0.2) is 67.9 Å². The summed E-state index contributed by atoms with van der Waals surface area (Å²) in [6.45, 7) is 6.57. The maximum atomic E-state index is 13.8. The summed E-state index contributed by atoms with van der Waals surface area (Å²) >= 11 is 0.